The van der Waals surface area contributed by atoms with Gasteiger partial charge in [-0.05, 0) is 12.8 Å². The Morgan fingerprint density at radius 1 is 1.30 bits per heavy atom. The van der Waals surface area contributed by atoms with Gasteiger partial charge >= 0.3 is 5.97 Å². The Balaban J connectivity index is 1.65. The van der Waals surface area contributed by atoms with Crippen LogP contribution in [0.5, 0.6) is 0 Å². The van der Waals surface area contributed by atoms with Crippen molar-refractivity contribution in [3.63, 3.8) is 0 Å². The van der Waals surface area contributed by atoms with Crippen molar-refractivity contribution in [1.29, 1.82) is 0 Å². The topological polar surface area (TPSA) is 109 Å². The number of carboxylic acid groups (broad SMARTS) is 1. The summed E-state index contributed by atoms with van der Waals surface area (Å²) < 4.78 is 1.19. The van der Waals surface area contributed by atoms with Crippen molar-refractivity contribution in [2.75, 3.05) is 24.7 Å². The number of aromatic nitrogens is 3. The van der Waals surface area contributed by atoms with Crippen molar-refractivity contribution in [2.24, 2.45) is 0 Å². The summed E-state index contributed by atoms with van der Waals surface area (Å²) in [7, 11) is 0. The van der Waals surface area contributed by atoms with E-state index < -0.39 is 12.0 Å². The quantitative estimate of drug-likeness (QED) is 0.787. The van der Waals surface area contributed by atoms with Crippen LogP contribution < -0.4 is 0 Å². The van der Waals surface area contributed by atoms with Crippen LogP contribution in [0.15, 0.2) is 6.20 Å². The summed E-state index contributed by atoms with van der Waals surface area (Å²) in [5, 5.41) is 15.9. The van der Waals surface area contributed by atoms with Crippen LogP contribution in [0.2, 0.25) is 0 Å². The molecule has 2 saturated heterocycles. The molecule has 124 valence electrons. The number of carbonyl (C=O) groups is 3. The number of rotatable bonds is 4. The smallest absolute Gasteiger partial charge is 0.358 e. The van der Waals surface area contributed by atoms with E-state index in [-0.39, 0.29) is 24.1 Å². The summed E-state index contributed by atoms with van der Waals surface area (Å²) >= 11 is 1.54. The average molecular weight is 339 g/mol. The fraction of sp³-hybridized carbons (Fsp3) is 0.615. The van der Waals surface area contributed by atoms with E-state index >= 15 is 0 Å². The highest BCUT2D eigenvalue weighted by Crippen LogP contribution is 2.24. The molecule has 10 heteroatoms. The van der Waals surface area contributed by atoms with E-state index in [0.717, 1.165) is 25.9 Å². The van der Waals surface area contributed by atoms with Crippen LogP contribution in [-0.2, 0) is 16.1 Å². The van der Waals surface area contributed by atoms with Gasteiger partial charge in [-0.25, -0.2) is 9.48 Å². The lowest BCUT2D eigenvalue weighted by atomic mass is 10.2. The van der Waals surface area contributed by atoms with E-state index in [1.807, 2.05) is 4.90 Å². The third kappa shape index (κ3) is 3.31. The van der Waals surface area contributed by atoms with E-state index in [1.165, 1.54) is 10.9 Å². The van der Waals surface area contributed by atoms with Gasteiger partial charge in [-0.3, -0.25) is 9.59 Å². The van der Waals surface area contributed by atoms with Gasteiger partial charge in [0.1, 0.15) is 12.6 Å². The molecule has 1 atom stereocenters. The summed E-state index contributed by atoms with van der Waals surface area (Å²) in [5.74, 6) is -0.384. The minimum Gasteiger partial charge on any atom is -0.476 e. The molecular weight excluding hydrogens is 322 g/mol. The van der Waals surface area contributed by atoms with Gasteiger partial charge in [-0.2, -0.15) is 0 Å². The Bertz CT molecular complexity index is 628. The van der Waals surface area contributed by atoms with E-state index in [4.69, 9.17) is 5.11 Å². The number of carboxylic acids is 1. The van der Waals surface area contributed by atoms with E-state index in [2.05, 4.69) is 10.3 Å². The normalized spacial score (nSPS) is 21.0. The van der Waals surface area contributed by atoms with Gasteiger partial charge in [-0.15, -0.1) is 16.9 Å². The molecule has 3 heterocycles. The van der Waals surface area contributed by atoms with E-state index in [9.17, 15) is 14.4 Å². The first kappa shape index (κ1) is 15.8. The van der Waals surface area contributed by atoms with Crippen molar-refractivity contribution in [1.82, 2.24) is 24.8 Å². The summed E-state index contributed by atoms with van der Waals surface area (Å²) in [5.41, 5.74) is -0.210. The summed E-state index contributed by atoms with van der Waals surface area (Å²) in [6, 6.07) is -0.437. The Kier molecular flexibility index (Phi) is 4.51. The molecule has 0 spiro atoms. The maximum atomic E-state index is 12.5. The molecule has 2 amide bonds. The minimum absolute atomic E-state index is 0.00525. The van der Waals surface area contributed by atoms with Crippen LogP contribution in [0, 0.1) is 0 Å². The molecule has 9 nitrogen and oxygen atoms in total. The number of aromatic carboxylic acids is 1. The van der Waals surface area contributed by atoms with Gasteiger partial charge in [-0.1, -0.05) is 5.21 Å². The molecular formula is C13H17N5O4S. The van der Waals surface area contributed by atoms with Gasteiger partial charge in [0.2, 0.25) is 11.8 Å². The number of nitrogens with zero attached hydrogens (tertiary/aromatic N) is 5. The van der Waals surface area contributed by atoms with Gasteiger partial charge in [0.15, 0.2) is 5.69 Å². The number of hydrogen-bond acceptors (Lipinski definition) is 6. The van der Waals surface area contributed by atoms with Gasteiger partial charge in [0.05, 0.1) is 12.1 Å². The minimum atomic E-state index is -1.19. The second-order valence-corrected chi connectivity index (χ2v) is 6.52. The van der Waals surface area contributed by atoms with Crippen LogP contribution in [0.3, 0.4) is 0 Å². The third-order valence-corrected chi connectivity index (χ3v) is 4.97. The second-order valence-electron chi connectivity index (χ2n) is 5.52. The zero-order valence-electron chi connectivity index (χ0n) is 12.4. The first-order chi connectivity index (χ1) is 11.1. The SMILES string of the molecule is O=C(O)c1cn(CC(=O)N2CSCC2C(=O)N2CCCC2)nn1. The molecule has 1 N–H and O–H groups in total. The molecule has 0 bridgehead atoms. The standard InChI is InChI=1S/C13H17N5O4S/c19-11(6-17-5-9(13(21)22)14-15-17)18-8-23-7-10(18)12(20)16-3-1-2-4-16/h5,10H,1-4,6-8H2,(H,21,22). The highest BCUT2D eigenvalue weighted by molar-refractivity contribution is 7.99. The monoisotopic (exact) mass is 339 g/mol. The Hall–Kier alpha value is -2.10. The number of carbonyl (C=O) groups excluding carboxylic acids is 2. The Labute approximate surface area is 136 Å². The molecule has 0 radical (unpaired) electrons. The van der Waals surface area contributed by atoms with E-state index in [1.54, 1.807) is 16.7 Å². The van der Waals surface area contributed by atoms with Crippen molar-refractivity contribution < 1.29 is 19.5 Å². The molecule has 23 heavy (non-hydrogen) atoms. The number of likely N-dealkylation sites (tertiary alicyclic amines) is 1. The van der Waals surface area contributed by atoms with Crippen molar-refractivity contribution >= 4 is 29.5 Å². The van der Waals surface area contributed by atoms with Crippen LogP contribution in [0.1, 0.15) is 23.3 Å². The first-order valence-corrected chi connectivity index (χ1v) is 8.51. The molecule has 2 aliphatic rings. The molecule has 0 aliphatic carbocycles. The molecule has 1 aromatic rings. The highest BCUT2D eigenvalue weighted by atomic mass is 32.2. The lowest BCUT2D eigenvalue weighted by Gasteiger charge is -2.26. The van der Waals surface area contributed by atoms with Crippen molar-refractivity contribution in [3.05, 3.63) is 11.9 Å². The number of hydrogen-bond donors (Lipinski definition) is 1. The van der Waals surface area contributed by atoms with Crippen molar-refractivity contribution in [3.8, 4) is 0 Å². The maximum Gasteiger partial charge on any atom is 0.358 e. The predicted molar refractivity (Wildman–Crippen MR) is 80.8 cm³/mol. The fourth-order valence-corrected chi connectivity index (χ4v) is 3.92. The van der Waals surface area contributed by atoms with Gasteiger partial charge in [0.25, 0.3) is 0 Å². The van der Waals surface area contributed by atoms with Crippen molar-refractivity contribution in [2.45, 2.75) is 25.4 Å². The largest absolute Gasteiger partial charge is 0.476 e. The lowest BCUT2D eigenvalue weighted by molar-refractivity contribution is -0.143. The van der Waals surface area contributed by atoms with Crippen LogP contribution >= 0.6 is 11.8 Å². The molecule has 0 saturated carbocycles. The molecule has 0 aromatic carbocycles. The van der Waals surface area contributed by atoms with Gasteiger partial charge < -0.3 is 14.9 Å². The first-order valence-electron chi connectivity index (χ1n) is 7.35. The summed E-state index contributed by atoms with van der Waals surface area (Å²) in [6.45, 7) is 1.39. The van der Waals surface area contributed by atoms with Crippen LogP contribution in [0.4, 0.5) is 0 Å². The summed E-state index contributed by atoms with van der Waals surface area (Å²) in [4.78, 5) is 39.1. The molecule has 2 fully saturated rings. The lowest BCUT2D eigenvalue weighted by Crippen LogP contribution is -2.49. The fourth-order valence-electron chi connectivity index (χ4n) is 2.74. The third-order valence-electron chi connectivity index (χ3n) is 3.96. The Morgan fingerprint density at radius 3 is 2.70 bits per heavy atom. The number of amides is 2. The molecule has 1 aromatic heterocycles. The molecule has 3 rings (SSSR count). The van der Waals surface area contributed by atoms with Gasteiger partial charge in [0, 0.05) is 18.8 Å². The number of thioether (sulfide) groups is 1. The van der Waals surface area contributed by atoms with Crippen LogP contribution in [0.25, 0.3) is 0 Å². The predicted octanol–water partition coefficient (Wildman–Crippen LogP) is -0.500. The highest BCUT2D eigenvalue weighted by Gasteiger charge is 2.37. The Morgan fingerprint density at radius 2 is 2.04 bits per heavy atom. The maximum absolute atomic E-state index is 12.5. The molecule has 1 unspecified atom stereocenters. The molecule has 2 aliphatic heterocycles. The zero-order valence-corrected chi connectivity index (χ0v) is 13.2. The second kappa shape index (κ2) is 6.57. The zero-order chi connectivity index (χ0) is 16.4. The average Bonchev–Trinajstić information content (AvgIpc) is 3.26. The van der Waals surface area contributed by atoms with E-state index in [0.29, 0.717) is 11.6 Å². The summed E-state index contributed by atoms with van der Waals surface area (Å²) in [6.07, 6.45) is 3.23. The van der Waals surface area contributed by atoms with Crippen LogP contribution in [-0.4, -0.2) is 78.4 Å².